The lowest BCUT2D eigenvalue weighted by Gasteiger charge is -2.12. The van der Waals surface area contributed by atoms with Gasteiger partial charge >= 0.3 is 12.1 Å². The number of benzene rings is 1. The van der Waals surface area contributed by atoms with Crippen LogP contribution < -0.4 is 5.32 Å². The molecule has 0 atom stereocenters. The maximum atomic E-state index is 12.5. The van der Waals surface area contributed by atoms with Gasteiger partial charge in [-0.1, -0.05) is 0 Å². The number of alkyl halides is 3. The second kappa shape index (κ2) is 5.07. The molecular formula is C11H10F3NO3. The molecule has 0 bridgehead atoms. The van der Waals surface area contributed by atoms with Crippen LogP contribution in [0.1, 0.15) is 22.8 Å². The number of anilines is 1. The molecule has 7 heteroatoms. The summed E-state index contributed by atoms with van der Waals surface area (Å²) in [6, 6.07) is 2.42. The number of carbonyl (C=O) groups is 2. The molecule has 0 spiro atoms. The van der Waals surface area contributed by atoms with Crippen LogP contribution in [0.5, 0.6) is 0 Å². The van der Waals surface area contributed by atoms with Crippen LogP contribution in [-0.2, 0) is 15.7 Å². The van der Waals surface area contributed by atoms with Gasteiger partial charge in [0.1, 0.15) is 0 Å². The molecule has 0 aromatic heterocycles. The molecule has 1 aromatic rings. The van der Waals surface area contributed by atoms with Crippen molar-refractivity contribution in [3.63, 3.8) is 0 Å². The number of carbonyl (C=O) groups excluding carboxylic acids is 2. The fraction of sp³-hybridized carbons (Fsp3) is 0.273. The number of esters is 1. The second-order valence-corrected chi connectivity index (χ2v) is 3.43. The zero-order valence-corrected chi connectivity index (χ0v) is 9.59. The predicted octanol–water partition coefficient (Wildman–Crippen LogP) is 2.45. The van der Waals surface area contributed by atoms with E-state index in [1.807, 2.05) is 0 Å². The zero-order chi connectivity index (χ0) is 13.9. The second-order valence-electron chi connectivity index (χ2n) is 3.43. The van der Waals surface area contributed by atoms with E-state index in [0.29, 0.717) is 6.07 Å². The number of hydrogen-bond acceptors (Lipinski definition) is 3. The van der Waals surface area contributed by atoms with E-state index in [2.05, 4.69) is 10.1 Å². The average Bonchev–Trinajstić information content (AvgIpc) is 2.26. The molecule has 0 saturated heterocycles. The van der Waals surface area contributed by atoms with Gasteiger partial charge in [-0.05, 0) is 18.2 Å². The highest BCUT2D eigenvalue weighted by Gasteiger charge is 2.32. The number of halogens is 3. The Hall–Kier alpha value is -2.05. The summed E-state index contributed by atoms with van der Waals surface area (Å²) >= 11 is 0. The third-order valence-electron chi connectivity index (χ3n) is 2.06. The number of methoxy groups -OCH3 is 1. The fourth-order valence-electron chi connectivity index (χ4n) is 1.30. The van der Waals surface area contributed by atoms with Gasteiger partial charge in [0.15, 0.2) is 0 Å². The van der Waals surface area contributed by atoms with Crippen molar-refractivity contribution >= 4 is 17.6 Å². The summed E-state index contributed by atoms with van der Waals surface area (Å²) in [6.45, 7) is 1.18. The van der Waals surface area contributed by atoms with E-state index >= 15 is 0 Å². The van der Waals surface area contributed by atoms with Crippen LogP contribution in [0.15, 0.2) is 18.2 Å². The zero-order valence-electron chi connectivity index (χ0n) is 9.59. The van der Waals surface area contributed by atoms with E-state index in [1.54, 1.807) is 0 Å². The van der Waals surface area contributed by atoms with E-state index < -0.39 is 23.6 Å². The normalized spacial score (nSPS) is 10.9. The Morgan fingerprint density at radius 3 is 2.33 bits per heavy atom. The van der Waals surface area contributed by atoms with Gasteiger partial charge in [-0.25, -0.2) is 4.79 Å². The number of hydrogen-bond donors (Lipinski definition) is 1. The minimum Gasteiger partial charge on any atom is -0.465 e. The Kier molecular flexibility index (Phi) is 3.95. The minimum atomic E-state index is -4.57. The van der Waals surface area contributed by atoms with Crippen molar-refractivity contribution in [3.05, 3.63) is 29.3 Å². The van der Waals surface area contributed by atoms with Crippen LogP contribution in [-0.4, -0.2) is 19.0 Å². The standard InChI is InChI=1S/C11H10F3NO3/c1-6(16)15-9-4-3-7(11(12,13)14)5-8(9)10(17)18-2/h3-5H,1-2H3,(H,15,16). The largest absolute Gasteiger partial charge is 0.465 e. The number of amides is 1. The van der Waals surface area contributed by atoms with Gasteiger partial charge in [0, 0.05) is 6.92 Å². The van der Waals surface area contributed by atoms with Gasteiger partial charge < -0.3 is 10.1 Å². The van der Waals surface area contributed by atoms with Crippen LogP contribution in [0.2, 0.25) is 0 Å². The molecule has 0 aliphatic carbocycles. The van der Waals surface area contributed by atoms with Crippen molar-refractivity contribution in [3.8, 4) is 0 Å². The Morgan fingerprint density at radius 1 is 1.28 bits per heavy atom. The predicted molar refractivity (Wildman–Crippen MR) is 57.1 cm³/mol. The first kappa shape index (κ1) is 14.0. The Morgan fingerprint density at radius 2 is 1.89 bits per heavy atom. The van der Waals surface area contributed by atoms with E-state index in [4.69, 9.17) is 0 Å². The fourth-order valence-corrected chi connectivity index (χ4v) is 1.30. The summed E-state index contributed by atoms with van der Waals surface area (Å²) in [5, 5.41) is 2.26. The number of nitrogens with one attached hydrogen (secondary N) is 1. The van der Waals surface area contributed by atoms with Crippen LogP contribution in [0.3, 0.4) is 0 Å². The quantitative estimate of drug-likeness (QED) is 0.832. The topological polar surface area (TPSA) is 55.4 Å². The van der Waals surface area contributed by atoms with Gasteiger partial charge in [-0.3, -0.25) is 4.79 Å². The molecule has 0 saturated carbocycles. The van der Waals surface area contributed by atoms with Crippen molar-refractivity contribution < 1.29 is 27.5 Å². The van der Waals surface area contributed by atoms with Crippen molar-refractivity contribution in [2.75, 3.05) is 12.4 Å². The first-order valence-electron chi connectivity index (χ1n) is 4.83. The molecule has 1 aromatic carbocycles. The van der Waals surface area contributed by atoms with Crippen LogP contribution in [0, 0.1) is 0 Å². The molecule has 0 fully saturated rings. The summed E-state index contributed by atoms with van der Waals surface area (Å²) in [4.78, 5) is 22.2. The Bertz CT molecular complexity index is 483. The summed E-state index contributed by atoms with van der Waals surface area (Å²) in [7, 11) is 1.04. The summed E-state index contributed by atoms with van der Waals surface area (Å²) in [5.74, 6) is -1.45. The molecule has 0 radical (unpaired) electrons. The van der Waals surface area contributed by atoms with Gasteiger partial charge in [-0.15, -0.1) is 0 Å². The SMILES string of the molecule is COC(=O)c1cc(C(F)(F)F)ccc1NC(C)=O. The molecule has 0 aliphatic heterocycles. The summed E-state index contributed by atoms with van der Waals surface area (Å²) in [5.41, 5.74) is -1.36. The van der Waals surface area contributed by atoms with Crippen LogP contribution in [0.25, 0.3) is 0 Å². The molecule has 1 N–H and O–H groups in total. The summed E-state index contributed by atoms with van der Waals surface area (Å²) < 4.78 is 41.8. The van der Waals surface area contributed by atoms with Gasteiger partial charge in [0.2, 0.25) is 5.91 Å². The molecular weight excluding hydrogens is 251 g/mol. The lowest BCUT2D eigenvalue weighted by molar-refractivity contribution is -0.137. The molecule has 18 heavy (non-hydrogen) atoms. The maximum absolute atomic E-state index is 12.5. The van der Waals surface area contributed by atoms with Gasteiger partial charge in [0.25, 0.3) is 0 Å². The monoisotopic (exact) mass is 261 g/mol. The van der Waals surface area contributed by atoms with Gasteiger partial charge in [0.05, 0.1) is 23.9 Å². The third kappa shape index (κ3) is 3.22. The van der Waals surface area contributed by atoms with Crippen LogP contribution in [0.4, 0.5) is 18.9 Å². The van der Waals surface area contributed by atoms with Crippen molar-refractivity contribution in [2.24, 2.45) is 0 Å². The number of ether oxygens (including phenoxy) is 1. The summed E-state index contributed by atoms with van der Waals surface area (Å²) in [6.07, 6.45) is -4.57. The van der Waals surface area contributed by atoms with E-state index in [-0.39, 0.29) is 11.3 Å². The van der Waals surface area contributed by atoms with E-state index in [1.165, 1.54) is 6.92 Å². The van der Waals surface area contributed by atoms with E-state index in [0.717, 1.165) is 19.2 Å². The molecule has 1 rings (SSSR count). The van der Waals surface area contributed by atoms with E-state index in [9.17, 15) is 22.8 Å². The Balaban J connectivity index is 3.29. The molecule has 0 unspecified atom stereocenters. The maximum Gasteiger partial charge on any atom is 0.416 e. The average molecular weight is 261 g/mol. The lowest BCUT2D eigenvalue weighted by atomic mass is 10.1. The highest BCUT2D eigenvalue weighted by molar-refractivity contribution is 6.00. The lowest BCUT2D eigenvalue weighted by Crippen LogP contribution is -2.14. The highest BCUT2D eigenvalue weighted by atomic mass is 19.4. The van der Waals surface area contributed by atoms with Crippen molar-refractivity contribution in [2.45, 2.75) is 13.1 Å². The number of rotatable bonds is 2. The smallest absolute Gasteiger partial charge is 0.416 e. The Labute approximate surface area is 101 Å². The van der Waals surface area contributed by atoms with Crippen molar-refractivity contribution in [1.29, 1.82) is 0 Å². The van der Waals surface area contributed by atoms with Crippen molar-refractivity contribution in [1.82, 2.24) is 0 Å². The molecule has 98 valence electrons. The molecule has 0 heterocycles. The first-order valence-corrected chi connectivity index (χ1v) is 4.83. The van der Waals surface area contributed by atoms with Gasteiger partial charge in [-0.2, -0.15) is 13.2 Å². The van der Waals surface area contributed by atoms with Crippen LogP contribution >= 0.6 is 0 Å². The molecule has 1 amide bonds. The highest BCUT2D eigenvalue weighted by Crippen LogP contribution is 2.32. The third-order valence-corrected chi connectivity index (χ3v) is 2.06. The minimum absolute atomic E-state index is 0.0256. The first-order chi connectivity index (χ1) is 8.25. The molecule has 4 nitrogen and oxygen atoms in total. The molecule has 0 aliphatic rings.